The monoisotopic (exact) mass is 237 g/mol. The summed E-state index contributed by atoms with van der Waals surface area (Å²) in [6, 6.07) is 3.52. The molecule has 1 rings (SSSR count). The molecule has 1 aromatic carbocycles. The van der Waals surface area contributed by atoms with Gasteiger partial charge in [-0.3, -0.25) is 10.1 Å². The summed E-state index contributed by atoms with van der Waals surface area (Å²) in [5, 5.41) is 10.6. The minimum atomic E-state index is -0.436. The highest BCUT2D eigenvalue weighted by Crippen LogP contribution is 2.30. The van der Waals surface area contributed by atoms with Crippen molar-refractivity contribution in [1.82, 2.24) is 0 Å². The number of aryl methyl sites for hydroxylation is 1. The number of hydrogen-bond acceptors (Lipinski definition) is 4. The van der Waals surface area contributed by atoms with E-state index >= 15 is 0 Å². The van der Waals surface area contributed by atoms with Crippen LogP contribution in [0.4, 0.5) is 0 Å². The molecule has 5 heteroatoms. The van der Waals surface area contributed by atoms with E-state index in [-0.39, 0.29) is 5.70 Å². The zero-order chi connectivity index (χ0) is 13.0. The van der Waals surface area contributed by atoms with Gasteiger partial charge in [-0.2, -0.15) is 0 Å². The second-order valence-electron chi connectivity index (χ2n) is 3.61. The highest BCUT2D eigenvalue weighted by Gasteiger charge is 2.11. The molecule has 0 saturated carbocycles. The van der Waals surface area contributed by atoms with E-state index in [0.29, 0.717) is 17.1 Å². The van der Waals surface area contributed by atoms with Crippen LogP contribution in [0.1, 0.15) is 18.1 Å². The first-order chi connectivity index (χ1) is 7.99. The lowest BCUT2D eigenvalue weighted by Crippen LogP contribution is -1.97. The van der Waals surface area contributed by atoms with Crippen LogP contribution in [-0.2, 0) is 0 Å². The first-order valence-corrected chi connectivity index (χ1v) is 5.05. The number of rotatable bonds is 4. The highest BCUT2D eigenvalue weighted by molar-refractivity contribution is 5.63. The number of nitro groups is 1. The molecule has 0 aliphatic carbocycles. The second-order valence-corrected chi connectivity index (χ2v) is 3.61. The van der Waals surface area contributed by atoms with E-state index in [9.17, 15) is 10.1 Å². The molecule has 5 nitrogen and oxygen atoms in total. The SMILES string of the molecule is COc1cc(C)c(OC)c(C=C(C)[N+](=O)[O-])c1. The summed E-state index contributed by atoms with van der Waals surface area (Å²) < 4.78 is 10.4. The van der Waals surface area contributed by atoms with Crippen molar-refractivity contribution in [3.8, 4) is 11.5 Å². The number of nitrogens with zero attached hydrogens (tertiary/aromatic N) is 1. The lowest BCUT2D eigenvalue weighted by Gasteiger charge is -2.10. The molecule has 17 heavy (non-hydrogen) atoms. The molecule has 0 fully saturated rings. The van der Waals surface area contributed by atoms with Gasteiger partial charge in [0, 0.05) is 18.6 Å². The van der Waals surface area contributed by atoms with Crippen molar-refractivity contribution in [2.45, 2.75) is 13.8 Å². The van der Waals surface area contributed by atoms with Crippen molar-refractivity contribution in [3.63, 3.8) is 0 Å². The van der Waals surface area contributed by atoms with Crippen molar-refractivity contribution in [1.29, 1.82) is 0 Å². The molecule has 0 radical (unpaired) electrons. The van der Waals surface area contributed by atoms with Gasteiger partial charge in [-0.1, -0.05) is 0 Å². The molecule has 0 amide bonds. The zero-order valence-corrected chi connectivity index (χ0v) is 10.3. The van der Waals surface area contributed by atoms with Crippen LogP contribution in [0.5, 0.6) is 11.5 Å². The molecule has 0 bridgehead atoms. The van der Waals surface area contributed by atoms with Gasteiger partial charge < -0.3 is 9.47 Å². The number of methoxy groups -OCH3 is 2. The third kappa shape index (κ3) is 2.96. The van der Waals surface area contributed by atoms with Crippen LogP contribution in [0.15, 0.2) is 17.8 Å². The quantitative estimate of drug-likeness (QED) is 0.596. The molecular formula is C12H15NO4. The summed E-state index contributed by atoms with van der Waals surface area (Å²) >= 11 is 0. The maximum Gasteiger partial charge on any atom is 0.243 e. The summed E-state index contributed by atoms with van der Waals surface area (Å²) in [5.74, 6) is 1.26. The molecule has 0 aliphatic heterocycles. The molecule has 92 valence electrons. The Hall–Kier alpha value is -2.04. The molecular weight excluding hydrogens is 222 g/mol. The third-order valence-corrected chi connectivity index (χ3v) is 2.37. The Morgan fingerprint density at radius 2 is 2.00 bits per heavy atom. The number of hydrogen-bond donors (Lipinski definition) is 0. The first-order valence-electron chi connectivity index (χ1n) is 5.05. The fourth-order valence-corrected chi connectivity index (χ4v) is 1.55. The average molecular weight is 237 g/mol. The Morgan fingerprint density at radius 1 is 1.35 bits per heavy atom. The number of ether oxygens (including phenoxy) is 2. The largest absolute Gasteiger partial charge is 0.497 e. The minimum absolute atomic E-state index is 0.0518. The highest BCUT2D eigenvalue weighted by atomic mass is 16.6. The zero-order valence-electron chi connectivity index (χ0n) is 10.3. The van der Waals surface area contributed by atoms with Gasteiger partial charge in [0.2, 0.25) is 5.70 Å². The van der Waals surface area contributed by atoms with Gasteiger partial charge in [0.1, 0.15) is 11.5 Å². The molecule has 0 aliphatic rings. The molecule has 0 heterocycles. The molecule has 0 spiro atoms. The van der Waals surface area contributed by atoms with Crippen LogP contribution >= 0.6 is 0 Å². The Labute approximate surface area is 99.8 Å². The Kier molecular flexibility index (Phi) is 4.09. The maximum absolute atomic E-state index is 10.6. The minimum Gasteiger partial charge on any atom is -0.497 e. The van der Waals surface area contributed by atoms with E-state index in [2.05, 4.69) is 0 Å². The van der Waals surface area contributed by atoms with E-state index < -0.39 is 4.92 Å². The van der Waals surface area contributed by atoms with Crippen molar-refractivity contribution >= 4 is 6.08 Å². The summed E-state index contributed by atoms with van der Waals surface area (Å²) in [6.45, 7) is 3.30. The first kappa shape index (κ1) is 13.0. The van der Waals surface area contributed by atoms with Crippen molar-refractivity contribution in [2.24, 2.45) is 0 Å². The summed E-state index contributed by atoms with van der Waals surface area (Å²) in [6.07, 6.45) is 1.47. The third-order valence-electron chi connectivity index (χ3n) is 2.37. The van der Waals surface area contributed by atoms with Gasteiger partial charge in [0.05, 0.1) is 19.1 Å². The summed E-state index contributed by atoms with van der Waals surface area (Å²) in [7, 11) is 3.09. The summed E-state index contributed by atoms with van der Waals surface area (Å²) in [5.41, 5.74) is 1.56. The second kappa shape index (κ2) is 5.34. The van der Waals surface area contributed by atoms with E-state index in [1.807, 2.05) is 13.0 Å². The summed E-state index contributed by atoms with van der Waals surface area (Å²) in [4.78, 5) is 10.2. The molecule has 0 atom stereocenters. The van der Waals surface area contributed by atoms with E-state index in [1.165, 1.54) is 20.1 Å². The van der Waals surface area contributed by atoms with Gasteiger partial charge in [0.25, 0.3) is 0 Å². The Balaban J connectivity index is 3.34. The van der Waals surface area contributed by atoms with Crippen molar-refractivity contribution in [2.75, 3.05) is 14.2 Å². The molecule has 0 aromatic heterocycles. The normalized spacial score (nSPS) is 11.2. The maximum atomic E-state index is 10.6. The lowest BCUT2D eigenvalue weighted by molar-refractivity contribution is -0.422. The topological polar surface area (TPSA) is 61.6 Å². The smallest absolute Gasteiger partial charge is 0.243 e. The Bertz CT molecular complexity index is 466. The fraction of sp³-hybridized carbons (Fsp3) is 0.333. The van der Waals surface area contributed by atoms with Crippen LogP contribution in [0.3, 0.4) is 0 Å². The predicted octanol–water partition coefficient (Wildman–Crippen LogP) is 2.65. The van der Waals surface area contributed by atoms with Crippen LogP contribution in [0.25, 0.3) is 6.08 Å². The van der Waals surface area contributed by atoms with E-state index in [1.54, 1.807) is 13.2 Å². The molecule has 0 N–H and O–H groups in total. The Morgan fingerprint density at radius 3 is 2.47 bits per heavy atom. The van der Waals surface area contributed by atoms with Crippen molar-refractivity contribution < 1.29 is 14.4 Å². The van der Waals surface area contributed by atoms with Crippen molar-refractivity contribution in [3.05, 3.63) is 39.1 Å². The van der Waals surface area contributed by atoms with Gasteiger partial charge in [-0.25, -0.2) is 0 Å². The standard InChI is InChI=1S/C12H15NO4/c1-8-5-11(16-3)7-10(12(8)17-4)6-9(2)13(14)15/h5-7H,1-4H3. The average Bonchev–Trinajstić information content (AvgIpc) is 2.28. The van der Waals surface area contributed by atoms with E-state index in [0.717, 1.165) is 5.56 Å². The van der Waals surface area contributed by atoms with Gasteiger partial charge in [0.15, 0.2) is 0 Å². The van der Waals surface area contributed by atoms with Gasteiger partial charge in [-0.15, -0.1) is 0 Å². The predicted molar refractivity (Wildman–Crippen MR) is 64.9 cm³/mol. The van der Waals surface area contributed by atoms with E-state index in [4.69, 9.17) is 9.47 Å². The fourth-order valence-electron chi connectivity index (χ4n) is 1.55. The molecule has 0 saturated heterocycles. The van der Waals surface area contributed by atoms with Crippen LogP contribution in [-0.4, -0.2) is 19.1 Å². The number of benzene rings is 1. The molecule has 0 unspecified atom stereocenters. The lowest BCUT2D eigenvalue weighted by atomic mass is 10.1. The van der Waals surface area contributed by atoms with Crippen LogP contribution < -0.4 is 9.47 Å². The van der Waals surface area contributed by atoms with Crippen LogP contribution in [0.2, 0.25) is 0 Å². The van der Waals surface area contributed by atoms with Gasteiger partial charge >= 0.3 is 0 Å². The van der Waals surface area contributed by atoms with Gasteiger partial charge in [-0.05, 0) is 24.6 Å². The number of allylic oxidation sites excluding steroid dienone is 1. The molecule has 1 aromatic rings. The van der Waals surface area contributed by atoms with Crippen LogP contribution in [0, 0.1) is 17.0 Å².